The van der Waals surface area contributed by atoms with E-state index < -0.39 is 0 Å². The van der Waals surface area contributed by atoms with Crippen LogP contribution < -0.4 is 0 Å². The molecule has 2 heterocycles. The lowest BCUT2D eigenvalue weighted by molar-refractivity contribution is 0.0717. The van der Waals surface area contributed by atoms with Gasteiger partial charge in [-0.05, 0) is 19.7 Å². The van der Waals surface area contributed by atoms with Gasteiger partial charge >= 0.3 is 0 Å². The molecule has 1 aromatic carbocycles. The van der Waals surface area contributed by atoms with E-state index in [-0.39, 0.29) is 29.0 Å². The van der Waals surface area contributed by atoms with Crippen LogP contribution in [0.2, 0.25) is 0 Å². The first-order chi connectivity index (χ1) is 12.9. The number of carbonyl (C=O) groups excluding carboxylic acids is 2. The van der Waals surface area contributed by atoms with Crippen molar-refractivity contribution >= 4 is 11.8 Å². The van der Waals surface area contributed by atoms with Gasteiger partial charge in [-0.25, -0.2) is 0 Å². The SMILES string of the molecule is CN(C)CCN(Cc1ccccc1)C(=O)c1nn2c(c1O)C(=O)N(C)CC2. The number of amides is 2. The number of hydrogen-bond acceptors (Lipinski definition) is 5. The van der Waals surface area contributed by atoms with Crippen LogP contribution in [0.25, 0.3) is 0 Å². The molecule has 1 aromatic heterocycles. The Bertz CT molecular complexity index is 831. The van der Waals surface area contributed by atoms with Gasteiger partial charge in [0.2, 0.25) is 0 Å². The van der Waals surface area contributed by atoms with Crippen LogP contribution in [-0.2, 0) is 13.1 Å². The average Bonchev–Trinajstić information content (AvgIpc) is 2.99. The number of nitrogens with zero attached hydrogens (tertiary/aromatic N) is 5. The van der Waals surface area contributed by atoms with Gasteiger partial charge in [-0.15, -0.1) is 0 Å². The minimum absolute atomic E-state index is 0.0664. The van der Waals surface area contributed by atoms with Crippen LogP contribution in [-0.4, -0.2) is 82.2 Å². The Morgan fingerprint density at radius 1 is 1.19 bits per heavy atom. The molecule has 0 saturated carbocycles. The second-order valence-corrected chi connectivity index (χ2v) is 7.01. The van der Waals surface area contributed by atoms with Crippen LogP contribution in [0, 0.1) is 0 Å². The molecule has 0 saturated heterocycles. The van der Waals surface area contributed by atoms with Gasteiger partial charge in [0.05, 0.1) is 6.54 Å². The van der Waals surface area contributed by atoms with Crippen LogP contribution in [0.5, 0.6) is 5.75 Å². The molecule has 1 aliphatic rings. The van der Waals surface area contributed by atoms with E-state index in [1.807, 2.05) is 49.3 Å². The molecule has 0 radical (unpaired) electrons. The van der Waals surface area contributed by atoms with Crippen molar-refractivity contribution in [3.63, 3.8) is 0 Å². The van der Waals surface area contributed by atoms with E-state index in [0.717, 1.165) is 5.56 Å². The van der Waals surface area contributed by atoms with Gasteiger partial charge in [0, 0.05) is 33.2 Å². The predicted molar refractivity (Wildman–Crippen MR) is 101 cm³/mol. The Morgan fingerprint density at radius 3 is 2.56 bits per heavy atom. The molecule has 144 valence electrons. The van der Waals surface area contributed by atoms with Gasteiger partial charge in [-0.2, -0.15) is 5.10 Å². The summed E-state index contributed by atoms with van der Waals surface area (Å²) in [5.74, 6) is -1.04. The number of hydrogen-bond donors (Lipinski definition) is 1. The maximum atomic E-state index is 13.1. The zero-order chi connectivity index (χ0) is 19.6. The Balaban J connectivity index is 1.89. The summed E-state index contributed by atoms with van der Waals surface area (Å²) in [6.45, 7) is 2.51. The van der Waals surface area contributed by atoms with Gasteiger partial charge in [-0.3, -0.25) is 14.3 Å². The highest BCUT2D eigenvalue weighted by molar-refractivity contribution is 6.02. The van der Waals surface area contributed by atoms with Crippen molar-refractivity contribution in [3.8, 4) is 5.75 Å². The van der Waals surface area contributed by atoms with E-state index in [4.69, 9.17) is 0 Å². The summed E-state index contributed by atoms with van der Waals surface area (Å²) >= 11 is 0. The molecular weight excluding hydrogens is 346 g/mol. The monoisotopic (exact) mass is 371 g/mol. The molecule has 2 amide bonds. The minimum Gasteiger partial charge on any atom is -0.504 e. The molecule has 0 unspecified atom stereocenters. The molecule has 8 nitrogen and oxygen atoms in total. The van der Waals surface area contributed by atoms with Crippen molar-refractivity contribution in [2.24, 2.45) is 0 Å². The topological polar surface area (TPSA) is 81.9 Å². The van der Waals surface area contributed by atoms with Crippen LogP contribution in [0.1, 0.15) is 26.5 Å². The number of fused-ring (bicyclic) bond motifs is 1. The summed E-state index contributed by atoms with van der Waals surface area (Å²) in [6, 6.07) is 9.67. The van der Waals surface area contributed by atoms with Crippen molar-refractivity contribution in [3.05, 3.63) is 47.3 Å². The standard InChI is InChI=1S/C19H25N5O3/c1-21(2)9-11-23(13-14-7-5-4-6-8-14)18(26)15-17(25)16-19(27)22(3)10-12-24(16)20-15/h4-8,25H,9-13H2,1-3H3. The quantitative estimate of drug-likeness (QED) is 0.815. The van der Waals surface area contributed by atoms with E-state index in [1.165, 1.54) is 9.58 Å². The number of benzene rings is 1. The number of aromatic nitrogens is 2. The normalized spacial score (nSPS) is 13.8. The lowest BCUT2D eigenvalue weighted by atomic mass is 10.2. The molecule has 1 N–H and O–H groups in total. The lowest BCUT2D eigenvalue weighted by Crippen LogP contribution is -2.37. The zero-order valence-corrected chi connectivity index (χ0v) is 15.9. The highest BCUT2D eigenvalue weighted by Gasteiger charge is 2.33. The molecule has 1 aliphatic heterocycles. The fourth-order valence-electron chi connectivity index (χ4n) is 3.02. The predicted octanol–water partition coefficient (Wildman–Crippen LogP) is 0.878. The fraction of sp³-hybridized carbons (Fsp3) is 0.421. The molecule has 0 spiro atoms. The lowest BCUT2D eigenvalue weighted by Gasteiger charge is -2.24. The van der Waals surface area contributed by atoms with Gasteiger partial charge < -0.3 is 19.8 Å². The maximum absolute atomic E-state index is 13.1. The highest BCUT2D eigenvalue weighted by atomic mass is 16.3. The third-order valence-corrected chi connectivity index (χ3v) is 4.65. The number of aromatic hydroxyl groups is 1. The Kier molecular flexibility index (Phi) is 5.46. The number of likely N-dealkylation sites (N-methyl/N-ethyl adjacent to an activating group) is 2. The Labute approximate surface area is 158 Å². The first-order valence-electron chi connectivity index (χ1n) is 8.91. The van der Waals surface area contributed by atoms with E-state index in [1.54, 1.807) is 11.9 Å². The van der Waals surface area contributed by atoms with Crippen molar-refractivity contribution in [1.29, 1.82) is 0 Å². The van der Waals surface area contributed by atoms with Crippen molar-refractivity contribution < 1.29 is 14.7 Å². The van der Waals surface area contributed by atoms with Crippen LogP contribution in [0.15, 0.2) is 30.3 Å². The van der Waals surface area contributed by atoms with Gasteiger partial charge in [0.1, 0.15) is 0 Å². The summed E-state index contributed by atoms with van der Waals surface area (Å²) in [6.07, 6.45) is 0. The molecule has 2 aromatic rings. The van der Waals surface area contributed by atoms with Crippen molar-refractivity contribution in [1.82, 2.24) is 24.5 Å². The maximum Gasteiger partial charge on any atom is 0.278 e. The average molecular weight is 371 g/mol. The smallest absolute Gasteiger partial charge is 0.278 e. The van der Waals surface area contributed by atoms with E-state index >= 15 is 0 Å². The fourth-order valence-corrected chi connectivity index (χ4v) is 3.02. The highest BCUT2D eigenvalue weighted by Crippen LogP contribution is 2.27. The summed E-state index contributed by atoms with van der Waals surface area (Å²) in [5, 5.41) is 14.8. The molecule has 3 rings (SSSR count). The molecule has 0 fully saturated rings. The van der Waals surface area contributed by atoms with Crippen LogP contribution >= 0.6 is 0 Å². The molecule has 0 aliphatic carbocycles. The molecular formula is C19H25N5O3. The Hall–Kier alpha value is -2.87. The first-order valence-corrected chi connectivity index (χ1v) is 8.91. The van der Waals surface area contributed by atoms with Crippen molar-refractivity contribution in [2.45, 2.75) is 13.1 Å². The third kappa shape index (κ3) is 3.95. The van der Waals surface area contributed by atoms with E-state index in [2.05, 4.69) is 5.10 Å². The Morgan fingerprint density at radius 2 is 1.89 bits per heavy atom. The second-order valence-electron chi connectivity index (χ2n) is 7.01. The first kappa shape index (κ1) is 18.9. The number of carbonyl (C=O) groups is 2. The van der Waals surface area contributed by atoms with Gasteiger partial charge in [0.25, 0.3) is 11.8 Å². The van der Waals surface area contributed by atoms with E-state index in [9.17, 15) is 14.7 Å². The molecule has 27 heavy (non-hydrogen) atoms. The summed E-state index contributed by atoms with van der Waals surface area (Å²) < 4.78 is 1.43. The molecule has 8 heteroatoms. The largest absolute Gasteiger partial charge is 0.504 e. The van der Waals surface area contributed by atoms with Gasteiger partial charge in [-0.1, -0.05) is 30.3 Å². The number of rotatable bonds is 6. The molecule has 0 atom stereocenters. The third-order valence-electron chi connectivity index (χ3n) is 4.65. The summed E-state index contributed by atoms with van der Waals surface area (Å²) in [7, 11) is 5.54. The van der Waals surface area contributed by atoms with E-state index in [0.29, 0.717) is 32.7 Å². The molecule has 0 bridgehead atoms. The van der Waals surface area contributed by atoms with Crippen molar-refractivity contribution in [2.75, 3.05) is 40.8 Å². The van der Waals surface area contributed by atoms with Crippen LogP contribution in [0.3, 0.4) is 0 Å². The van der Waals surface area contributed by atoms with Crippen LogP contribution in [0.4, 0.5) is 0 Å². The summed E-state index contributed by atoms with van der Waals surface area (Å²) in [5.41, 5.74) is 1.01. The zero-order valence-electron chi connectivity index (χ0n) is 15.9. The van der Waals surface area contributed by atoms with Gasteiger partial charge in [0.15, 0.2) is 17.1 Å². The minimum atomic E-state index is -0.379. The summed E-state index contributed by atoms with van der Waals surface area (Å²) in [4.78, 5) is 30.6. The second kappa shape index (κ2) is 7.79.